The van der Waals surface area contributed by atoms with Crippen molar-refractivity contribution < 1.29 is 26.4 Å². The molecule has 0 aliphatic heterocycles. The van der Waals surface area contributed by atoms with Crippen LogP contribution >= 0.6 is 0 Å². The molecule has 1 amide bonds. The van der Waals surface area contributed by atoms with Crippen molar-refractivity contribution in [1.82, 2.24) is 14.6 Å². The van der Waals surface area contributed by atoms with Crippen LogP contribution in [0, 0.1) is 17.5 Å². The summed E-state index contributed by atoms with van der Waals surface area (Å²) in [5.74, 6) is -2.34. The molecule has 0 bridgehead atoms. The first kappa shape index (κ1) is 22.3. The van der Waals surface area contributed by atoms with E-state index in [0.717, 1.165) is 16.6 Å². The zero-order chi connectivity index (χ0) is 23.2. The highest BCUT2D eigenvalue weighted by atomic mass is 32.2. The molecule has 1 aliphatic rings. The van der Waals surface area contributed by atoms with E-state index in [0.29, 0.717) is 35.0 Å². The van der Waals surface area contributed by atoms with E-state index in [9.17, 15) is 26.4 Å². The Hall–Kier alpha value is -2.85. The van der Waals surface area contributed by atoms with Gasteiger partial charge in [0.1, 0.15) is 17.5 Å². The van der Waals surface area contributed by atoms with E-state index < -0.39 is 33.4 Å². The summed E-state index contributed by atoms with van der Waals surface area (Å²) in [6.45, 7) is -0.287. The lowest BCUT2D eigenvalue weighted by molar-refractivity contribution is -0.122. The van der Waals surface area contributed by atoms with Gasteiger partial charge in [0.25, 0.3) is 0 Å². The molecule has 0 spiro atoms. The molecule has 1 heterocycles. The number of hydrogen-bond acceptors (Lipinski definition) is 3. The van der Waals surface area contributed by atoms with Crippen molar-refractivity contribution in [3.8, 4) is 11.3 Å². The van der Waals surface area contributed by atoms with Gasteiger partial charge in [-0.15, -0.1) is 0 Å². The number of nitrogens with zero attached hydrogens (tertiary/aromatic N) is 1. The molecule has 1 aromatic heterocycles. The van der Waals surface area contributed by atoms with Gasteiger partial charge in [-0.3, -0.25) is 4.79 Å². The Bertz CT molecular complexity index is 1280. The van der Waals surface area contributed by atoms with Crippen LogP contribution in [0.1, 0.15) is 24.3 Å². The number of benzene rings is 2. The van der Waals surface area contributed by atoms with Crippen LogP contribution in [-0.4, -0.2) is 49.5 Å². The van der Waals surface area contributed by atoms with Gasteiger partial charge < -0.3 is 10.3 Å². The van der Waals surface area contributed by atoms with Crippen LogP contribution in [-0.2, 0) is 14.8 Å². The van der Waals surface area contributed by atoms with Gasteiger partial charge in [0.05, 0.1) is 24.0 Å². The maximum absolute atomic E-state index is 14.4. The Morgan fingerprint density at radius 2 is 1.78 bits per heavy atom. The van der Waals surface area contributed by atoms with E-state index in [-0.39, 0.29) is 24.0 Å². The number of amides is 1. The van der Waals surface area contributed by atoms with Gasteiger partial charge in [-0.05, 0) is 60.2 Å². The molecule has 1 saturated carbocycles. The van der Waals surface area contributed by atoms with Crippen molar-refractivity contribution in [3.05, 3.63) is 59.4 Å². The number of aromatic amines is 1. The number of carbonyl (C=O) groups is 1. The quantitative estimate of drug-likeness (QED) is 0.585. The third kappa shape index (κ3) is 4.37. The third-order valence-electron chi connectivity index (χ3n) is 5.84. The highest BCUT2D eigenvalue weighted by Gasteiger charge is 2.35. The SMILES string of the molecule is CN(CC(=O)N[C@H]1C[C@H](c2c(-c3ccc(F)cc3)[nH]c3c(F)cc(F)cc32)C1)S(C)(=O)=O. The maximum Gasteiger partial charge on any atom is 0.235 e. The van der Waals surface area contributed by atoms with Crippen LogP contribution in [0.5, 0.6) is 0 Å². The van der Waals surface area contributed by atoms with Crippen LogP contribution in [0.4, 0.5) is 13.2 Å². The van der Waals surface area contributed by atoms with E-state index in [1.54, 1.807) is 12.1 Å². The second-order valence-corrected chi connectivity index (χ2v) is 10.3. The van der Waals surface area contributed by atoms with Crippen LogP contribution in [0.2, 0.25) is 0 Å². The summed E-state index contributed by atoms with van der Waals surface area (Å²) < 4.78 is 65.7. The monoisotopic (exact) mass is 465 g/mol. The Morgan fingerprint density at radius 3 is 2.41 bits per heavy atom. The summed E-state index contributed by atoms with van der Waals surface area (Å²) in [6.07, 6.45) is 2.06. The maximum atomic E-state index is 14.4. The van der Waals surface area contributed by atoms with Gasteiger partial charge in [-0.1, -0.05) is 0 Å². The second-order valence-electron chi connectivity index (χ2n) is 8.18. The molecule has 10 heteroatoms. The molecule has 1 fully saturated rings. The zero-order valence-corrected chi connectivity index (χ0v) is 18.3. The minimum Gasteiger partial charge on any atom is -0.352 e. The van der Waals surface area contributed by atoms with Crippen LogP contribution in [0.3, 0.4) is 0 Å². The largest absolute Gasteiger partial charge is 0.352 e. The van der Waals surface area contributed by atoms with Gasteiger partial charge in [-0.25, -0.2) is 21.6 Å². The van der Waals surface area contributed by atoms with Gasteiger partial charge in [0.2, 0.25) is 15.9 Å². The van der Waals surface area contributed by atoms with E-state index in [1.807, 2.05) is 0 Å². The number of rotatable bonds is 6. The molecule has 2 N–H and O–H groups in total. The van der Waals surface area contributed by atoms with Crippen LogP contribution in [0.25, 0.3) is 22.2 Å². The van der Waals surface area contributed by atoms with Gasteiger partial charge in [0, 0.05) is 24.5 Å². The minimum atomic E-state index is -3.47. The van der Waals surface area contributed by atoms with E-state index in [2.05, 4.69) is 10.3 Å². The summed E-state index contributed by atoms with van der Waals surface area (Å²) in [6, 6.07) is 7.61. The fraction of sp³-hybridized carbons (Fsp3) is 0.318. The molecule has 1 aliphatic carbocycles. The average Bonchev–Trinajstić information content (AvgIpc) is 3.03. The lowest BCUT2D eigenvalue weighted by Gasteiger charge is -2.37. The average molecular weight is 465 g/mol. The highest BCUT2D eigenvalue weighted by Crippen LogP contribution is 2.45. The molecule has 170 valence electrons. The first-order valence-corrected chi connectivity index (χ1v) is 11.8. The second kappa shape index (κ2) is 8.25. The summed E-state index contributed by atoms with van der Waals surface area (Å²) in [5.41, 5.74) is 2.10. The Balaban J connectivity index is 1.59. The number of H-pyrrole nitrogens is 1. The first-order chi connectivity index (χ1) is 15.0. The number of carbonyl (C=O) groups excluding carboxylic acids is 1. The van der Waals surface area contributed by atoms with Gasteiger partial charge in [0.15, 0.2) is 0 Å². The van der Waals surface area contributed by atoms with Crippen molar-refractivity contribution in [2.45, 2.75) is 24.8 Å². The number of aromatic nitrogens is 1. The molecular weight excluding hydrogens is 443 g/mol. The van der Waals surface area contributed by atoms with Gasteiger partial charge >= 0.3 is 0 Å². The van der Waals surface area contributed by atoms with E-state index >= 15 is 0 Å². The summed E-state index contributed by atoms with van der Waals surface area (Å²) in [7, 11) is -2.15. The molecule has 2 aromatic carbocycles. The fourth-order valence-electron chi connectivity index (χ4n) is 4.07. The van der Waals surface area contributed by atoms with Crippen molar-refractivity contribution >= 4 is 26.8 Å². The van der Waals surface area contributed by atoms with Crippen LogP contribution < -0.4 is 5.32 Å². The number of hydrogen-bond donors (Lipinski definition) is 2. The first-order valence-electron chi connectivity index (χ1n) is 10.00. The van der Waals surface area contributed by atoms with Crippen molar-refractivity contribution in [1.29, 1.82) is 0 Å². The predicted molar refractivity (Wildman–Crippen MR) is 115 cm³/mol. The Morgan fingerprint density at radius 1 is 1.12 bits per heavy atom. The molecule has 0 atom stereocenters. The lowest BCUT2D eigenvalue weighted by atomic mass is 9.74. The summed E-state index contributed by atoms with van der Waals surface area (Å²) in [4.78, 5) is 15.2. The minimum absolute atomic E-state index is 0.0945. The zero-order valence-electron chi connectivity index (χ0n) is 17.5. The van der Waals surface area contributed by atoms with E-state index in [1.165, 1.54) is 25.2 Å². The smallest absolute Gasteiger partial charge is 0.235 e. The molecule has 32 heavy (non-hydrogen) atoms. The Kier molecular flexibility index (Phi) is 5.76. The van der Waals surface area contributed by atoms with Crippen LogP contribution in [0.15, 0.2) is 36.4 Å². The fourth-order valence-corrected chi connectivity index (χ4v) is 4.42. The van der Waals surface area contributed by atoms with Crippen molar-refractivity contribution in [2.24, 2.45) is 0 Å². The van der Waals surface area contributed by atoms with Crippen molar-refractivity contribution in [3.63, 3.8) is 0 Å². The molecule has 3 aromatic rings. The molecule has 6 nitrogen and oxygen atoms in total. The standard InChI is InChI=1S/C22H22F3N3O3S/c1-28(32(2,30)31)11-19(29)26-16-7-13(8-16)20-17-9-15(24)10-18(25)22(17)27-21(20)12-3-5-14(23)6-4-12/h3-6,9-10,13,16,27H,7-8,11H2,1-2H3,(H,26,29)/t13-,16-. The third-order valence-corrected chi connectivity index (χ3v) is 7.10. The molecule has 0 saturated heterocycles. The molecule has 0 unspecified atom stereocenters. The van der Waals surface area contributed by atoms with Crippen molar-refractivity contribution in [2.75, 3.05) is 19.8 Å². The normalized spacial score (nSPS) is 18.7. The number of likely N-dealkylation sites (N-methyl/N-ethyl adjacent to an activating group) is 1. The number of nitrogens with one attached hydrogen (secondary N) is 2. The molecule has 4 rings (SSSR count). The Labute approximate surface area is 183 Å². The predicted octanol–water partition coefficient (Wildman–Crippen LogP) is 3.51. The number of halogens is 3. The highest BCUT2D eigenvalue weighted by molar-refractivity contribution is 7.88. The van der Waals surface area contributed by atoms with E-state index in [4.69, 9.17) is 0 Å². The number of fused-ring (bicyclic) bond motifs is 1. The molecular formula is C22H22F3N3O3S. The lowest BCUT2D eigenvalue weighted by Crippen LogP contribution is -2.47. The summed E-state index contributed by atoms with van der Waals surface area (Å²) >= 11 is 0. The van der Waals surface area contributed by atoms with Gasteiger partial charge in [-0.2, -0.15) is 4.31 Å². The molecule has 0 radical (unpaired) electrons. The summed E-state index contributed by atoms with van der Waals surface area (Å²) in [5, 5.41) is 3.21. The number of sulfonamides is 1. The topological polar surface area (TPSA) is 82.3 Å².